The number of amides is 1. The van der Waals surface area contributed by atoms with E-state index < -0.39 is 0 Å². The maximum atomic E-state index is 11.7. The van der Waals surface area contributed by atoms with Crippen LogP contribution in [0.1, 0.15) is 21.8 Å². The molecule has 0 atom stereocenters. The number of nitrogens with one attached hydrogen (secondary N) is 1. The first kappa shape index (κ1) is 11.7. The molecule has 1 heterocycles. The Morgan fingerprint density at radius 3 is 2.88 bits per heavy atom. The van der Waals surface area contributed by atoms with Gasteiger partial charge in [0.1, 0.15) is 0 Å². The van der Waals surface area contributed by atoms with Gasteiger partial charge in [0.2, 0.25) is 5.76 Å². The van der Waals surface area contributed by atoms with Crippen LogP contribution in [0.2, 0.25) is 5.02 Å². The van der Waals surface area contributed by atoms with Crippen molar-refractivity contribution in [1.29, 1.82) is 0 Å². The number of aryl methyl sites for hydroxylation is 1. The fourth-order valence-electron chi connectivity index (χ4n) is 1.37. The molecule has 4 nitrogen and oxygen atoms in total. The van der Waals surface area contributed by atoms with Crippen molar-refractivity contribution < 1.29 is 9.32 Å². The normalized spacial score (nSPS) is 10.2. The molecule has 2 rings (SSSR count). The average molecular weight is 251 g/mol. The summed E-state index contributed by atoms with van der Waals surface area (Å²) in [5.74, 6) is -0.0972. The largest absolute Gasteiger partial charge is 0.351 e. The first-order chi connectivity index (χ1) is 8.16. The molecule has 2 aromatic rings. The fourth-order valence-corrected chi connectivity index (χ4v) is 1.58. The molecule has 0 bridgehead atoms. The topological polar surface area (TPSA) is 55.1 Å². The Hall–Kier alpha value is -1.81. The predicted molar refractivity (Wildman–Crippen MR) is 63.9 cm³/mol. The lowest BCUT2D eigenvalue weighted by atomic mass is 10.2. The van der Waals surface area contributed by atoms with Crippen molar-refractivity contribution in [1.82, 2.24) is 10.5 Å². The fraction of sp³-hybridized carbons (Fsp3) is 0.167. The van der Waals surface area contributed by atoms with Gasteiger partial charge in [-0.25, -0.2) is 0 Å². The summed E-state index contributed by atoms with van der Waals surface area (Å²) < 4.78 is 4.85. The Morgan fingerprint density at radius 2 is 2.24 bits per heavy atom. The third kappa shape index (κ3) is 2.85. The van der Waals surface area contributed by atoms with Gasteiger partial charge in [0.15, 0.2) is 0 Å². The molecule has 0 aliphatic carbocycles. The van der Waals surface area contributed by atoms with E-state index in [4.69, 9.17) is 16.1 Å². The molecular formula is C12H11ClN2O2. The van der Waals surface area contributed by atoms with Crippen LogP contribution in [0, 0.1) is 6.92 Å². The van der Waals surface area contributed by atoms with Gasteiger partial charge in [0.05, 0.1) is 5.69 Å². The summed E-state index contributed by atoms with van der Waals surface area (Å²) in [6, 6.07) is 8.93. The van der Waals surface area contributed by atoms with Gasteiger partial charge in [-0.1, -0.05) is 35.0 Å². The van der Waals surface area contributed by atoms with Gasteiger partial charge in [-0.15, -0.1) is 0 Å². The van der Waals surface area contributed by atoms with Gasteiger partial charge in [-0.05, 0) is 18.6 Å². The molecule has 0 unspecified atom stereocenters. The van der Waals surface area contributed by atoms with Crippen LogP contribution < -0.4 is 5.32 Å². The number of nitrogens with zero attached hydrogens (tertiary/aromatic N) is 1. The molecule has 88 valence electrons. The third-order valence-corrected chi connectivity index (χ3v) is 2.62. The highest BCUT2D eigenvalue weighted by Crippen LogP contribution is 2.14. The quantitative estimate of drug-likeness (QED) is 0.911. The summed E-state index contributed by atoms with van der Waals surface area (Å²) >= 11 is 5.97. The van der Waals surface area contributed by atoms with Crippen molar-refractivity contribution in [3.05, 3.63) is 52.4 Å². The summed E-state index contributed by atoms with van der Waals surface area (Å²) in [4.78, 5) is 11.7. The maximum absolute atomic E-state index is 11.7. The van der Waals surface area contributed by atoms with Crippen molar-refractivity contribution in [2.24, 2.45) is 0 Å². The summed E-state index contributed by atoms with van der Waals surface area (Å²) in [6.45, 7) is 2.12. The lowest BCUT2D eigenvalue weighted by Crippen LogP contribution is -2.22. The van der Waals surface area contributed by atoms with Crippen LogP contribution in [0.5, 0.6) is 0 Å². The number of hydrogen-bond donors (Lipinski definition) is 1. The molecule has 0 aliphatic rings. The van der Waals surface area contributed by atoms with Gasteiger partial charge in [0.25, 0.3) is 5.91 Å². The van der Waals surface area contributed by atoms with Crippen LogP contribution in [0.15, 0.2) is 34.9 Å². The molecule has 0 fully saturated rings. The SMILES string of the molecule is Cc1cc(C(=O)NCc2ccccc2Cl)on1. The standard InChI is InChI=1S/C12H11ClN2O2/c1-8-6-11(17-15-8)12(16)14-7-9-4-2-3-5-10(9)13/h2-6H,7H2,1H3,(H,14,16). The lowest BCUT2D eigenvalue weighted by molar-refractivity contribution is 0.0914. The van der Waals surface area contributed by atoms with Crippen molar-refractivity contribution in [3.8, 4) is 0 Å². The van der Waals surface area contributed by atoms with Crippen LogP contribution in [0.4, 0.5) is 0 Å². The molecule has 5 heteroatoms. The predicted octanol–water partition coefficient (Wildman–Crippen LogP) is 2.57. The third-order valence-electron chi connectivity index (χ3n) is 2.25. The van der Waals surface area contributed by atoms with Crippen LogP contribution in [-0.4, -0.2) is 11.1 Å². The van der Waals surface area contributed by atoms with Gasteiger partial charge < -0.3 is 9.84 Å². The molecule has 1 amide bonds. The highest BCUT2D eigenvalue weighted by molar-refractivity contribution is 6.31. The molecular weight excluding hydrogens is 240 g/mol. The minimum atomic E-state index is -0.300. The second-order valence-corrected chi connectivity index (χ2v) is 4.01. The van der Waals surface area contributed by atoms with Crippen LogP contribution in [-0.2, 0) is 6.54 Å². The first-order valence-electron chi connectivity index (χ1n) is 5.12. The summed E-state index contributed by atoms with van der Waals surface area (Å²) in [7, 11) is 0. The first-order valence-corrected chi connectivity index (χ1v) is 5.49. The zero-order chi connectivity index (χ0) is 12.3. The van der Waals surface area contributed by atoms with E-state index >= 15 is 0 Å². The van der Waals surface area contributed by atoms with Crippen LogP contribution in [0.25, 0.3) is 0 Å². The van der Waals surface area contributed by atoms with E-state index in [1.54, 1.807) is 19.1 Å². The Bertz CT molecular complexity index is 537. The van der Waals surface area contributed by atoms with Crippen LogP contribution in [0.3, 0.4) is 0 Å². The number of aromatic nitrogens is 1. The van der Waals surface area contributed by atoms with E-state index in [1.165, 1.54) is 0 Å². The van der Waals surface area contributed by atoms with Crippen molar-refractivity contribution >= 4 is 17.5 Å². The second kappa shape index (κ2) is 5.01. The summed E-state index contributed by atoms with van der Waals surface area (Å²) in [5.41, 5.74) is 1.53. The van der Waals surface area contributed by atoms with Gasteiger partial charge >= 0.3 is 0 Å². The molecule has 0 radical (unpaired) electrons. The van der Waals surface area contributed by atoms with E-state index in [1.807, 2.05) is 18.2 Å². The van der Waals surface area contributed by atoms with Gasteiger partial charge in [-0.3, -0.25) is 4.79 Å². The van der Waals surface area contributed by atoms with Crippen molar-refractivity contribution in [2.75, 3.05) is 0 Å². The Morgan fingerprint density at radius 1 is 1.47 bits per heavy atom. The van der Waals surface area contributed by atoms with E-state index in [-0.39, 0.29) is 11.7 Å². The number of benzene rings is 1. The van der Waals surface area contributed by atoms with E-state index in [0.29, 0.717) is 17.3 Å². The van der Waals surface area contributed by atoms with Crippen molar-refractivity contribution in [3.63, 3.8) is 0 Å². The molecule has 0 saturated heterocycles. The minimum absolute atomic E-state index is 0.203. The number of carbonyl (C=O) groups excluding carboxylic acids is 1. The smallest absolute Gasteiger partial charge is 0.290 e. The minimum Gasteiger partial charge on any atom is -0.351 e. The highest BCUT2D eigenvalue weighted by atomic mass is 35.5. The zero-order valence-corrected chi connectivity index (χ0v) is 9.99. The van der Waals surface area contributed by atoms with Crippen LogP contribution >= 0.6 is 11.6 Å². The molecule has 0 aliphatic heterocycles. The molecule has 17 heavy (non-hydrogen) atoms. The highest BCUT2D eigenvalue weighted by Gasteiger charge is 2.11. The Labute approximate surface area is 104 Å². The van der Waals surface area contributed by atoms with E-state index in [0.717, 1.165) is 5.56 Å². The molecule has 1 N–H and O–H groups in total. The number of halogens is 1. The second-order valence-electron chi connectivity index (χ2n) is 3.61. The number of carbonyl (C=O) groups is 1. The zero-order valence-electron chi connectivity index (χ0n) is 9.24. The van der Waals surface area contributed by atoms with E-state index in [9.17, 15) is 4.79 Å². The van der Waals surface area contributed by atoms with E-state index in [2.05, 4.69) is 10.5 Å². The van der Waals surface area contributed by atoms with Gasteiger partial charge in [-0.2, -0.15) is 0 Å². The molecule has 0 spiro atoms. The number of rotatable bonds is 3. The monoisotopic (exact) mass is 250 g/mol. The van der Waals surface area contributed by atoms with Gasteiger partial charge in [0, 0.05) is 17.6 Å². The Kier molecular flexibility index (Phi) is 3.44. The summed E-state index contributed by atoms with van der Waals surface area (Å²) in [6.07, 6.45) is 0. The Balaban J connectivity index is 1.99. The molecule has 0 saturated carbocycles. The maximum Gasteiger partial charge on any atom is 0.290 e. The lowest BCUT2D eigenvalue weighted by Gasteiger charge is -2.04. The molecule has 1 aromatic carbocycles. The number of hydrogen-bond acceptors (Lipinski definition) is 3. The van der Waals surface area contributed by atoms with Crippen molar-refractivity contribution in [2.45, 2.75) is 13.5 Å². The summed E-state index contributed by atoms with van der Waals surface area (Å²) in [5, 5.41) is 6.99. The average Bonchev–Trinajstić information content (AvgIpc) is 2.74. The molecule has 1 aromatic heterocycles.